The number of allylic oxidation sites excluding steroid dienone is 1. The van der Waals surface area contributed by atoms with Crippen molar-refractivity contribution in [3.8, 4) is 16.9 Å². The van der Waals surface area contributed by atoms with Crippen LogP contribution < -0.4 is 4.74 Å². The molecule has 0 saturated heterocycles. The lowest BCUT2D eigenvalue weighted by Gasteiger charge is -2.39. The van der Waals surface area contributed by atoms with Gasteiger partial charge in [-0.25, -0.2) is 30.7 Å². The van der Waals surface area contributed by atoms with Crippen LogP contribution in [-0.2, 0) is 0 Å². The van der Waals surface area contributed by atoms with Gasteiger partial charge in [0.15, 0.2) is 34.9 Å². The molecule has 6 aliphatic carbocycles. The molecule has 0 aromatic heterocycles. The van der Waals surface area contributed by atoms with Crippen molar-refractivity contribution in [2.24, 2.45) is 65.1 Å². The van der Waals surface area contributed by atoms with Crippen LogP contribution in [0.15, 0.2) is 68.3 Å². The highest BCUT2D eigenvalue weighted by atomic mass is 19.3. The van der Waals surface area contributed by atoms with Gasteiger partial charge in [-0.3, -0.25) is 0 Å². The third-order valence-corrected chi connectivity index (χ3v) is 20.9. The summed E-state index contributed by atoms with van der Waals surface area (Å²) in [6.07, 6.45) is 41.4. The lowest BCUT2D eigenvalue weighted by Crippen LogP contribution is -2.38. The molecule has 0 spiro atoms. The van der Waals surface area contributed by atoms with Gasteiger partial charge in [-0.1, -0.05) is 169 Å². The summed E-state index contributed by atoms with van der Waals surface area (Å²) < 4.78 is 128. The number of ether oxygens (including phenoxy) is 1. The van der Waals surface area contributed by atoms with E-state index in [-0.39, 0.29) is 11.1 Å². The largest absolute Gasteiger partial charge is 0.432 e. The molecule has 0 heterocycles. The highest BCUT2D eigenvalue weighted by Crippen LogP contribution is 2.48. The second-order valence-electron chi connectivity index (χ2n) is 26.1. The Morgan fingerprint density at radius 2 is 0.791 bits per heavy atom. The second-order valence-corrected chi connectivity index (χ2v) is 26.1. The standard InChI is InChI=1S/C27H32F4.C24H33F5O.C19H34.2C2H6.C2H4/c1-2-3-17-4-6-18(7-5-17)19-8-10-20(11-9-19)21-12-13-23(24(28)14-21)22-15-25(29)27(31)26(30)16-22;1-2-3-4-5-16-6-8-17(9-7-16)18-10-12-19(13-11-18)24(28,29)30-20-14-21(25)23(27)22(26)15-20;1-3-5-6-7-17-10-14-19(15-11-17)18-12-8-16(4-2)9-13-18;3*1-2/h12-20H,2-11H2,1H3;14-19H,2-13H2,1H3;4,16-19H,2-3,5-15H2,1H3;2*1-2H3;1-2H2. The molecular weight excluding hydrogens is 1100 g/mol. The molecule has 86 heavy (non-hydrogen) atoms. The SMILES string of the molecule is C=C.C=CC1CCC(C2CCC(CCCCC)CC2)CC1.CC.CC.CCCC1CCC(C2CCC(c3ccc(-c4cc(F)c(F)c(F)c4)c(F)c3)CC2)CC1.CCCCCC1CCC(C2CCC(C(F)(F)Oc3cc(F)c(F)c(F)c3)CC2)CC1. The molecule has 0 aliphatic heterocycles. The topological polar surface area (TPSA) is 9.23 Å². The van der Waals surface area contributed by atoms with Crippen LogP contribution in [0.1, 0.15) is 278 Å². The van der Waals surface area contributed by atoms with Crippen molar-refractivity contribution in [1.82, 2.24) is 0 Å². The molecular formula is C76H115F9O. The number of unbranched alkanes of at least 4 members (excludes halogenated alkanes) is 4. The Kier molecular flexibility index (Phi) is 34.9. The normalized spacial score (nSPS) is 27.5. The maximum Gasteiger partial charge on any atom is 0.400 e. The van der Waals surface area contributed by atoms with Crippen LogP contribution in [0.4, 0.5) is 39.5 Å². The Morgan fingerprint density at radius 3 is 1.16 bits per heavy atom. The molecule has 6 saturated carbocycles. The van der Waals surface area contributed by atoms with E-state index in [2.05, 4.69) is 51.3 Å². The quantitative estimate of drug-likeness (QED) is 0.0503. The lowest BCUT2D eigenvalue weighted by atomic mass is 9.68. The van der Waals surface area contributed by atoms with Gasteiger partial charge in [-0.15, -0.1) is 19.7 Å². The number of halogens is 9. The third kappa shape index (κ3) is 23.3. The van der Waals surface area contributed by atoms with E-state index < -0.39 is 58.5 Å². The van der Waals surface area contributed by atoms with Crippen molar-refractivity contribution in [3.63, 3.8) is 0 Å². The van der Waals surface area contributed by atoms with Crippen molar-refractivity contribution in [1.29, 1.82) is 0 Å². The van der Waals surface area contributed by atoms with Crippen molar-refractivity contribution in [3.05, 3.63) is 115 Å². The summed E-state index contributed by atoms with van der Waals surface area (Å²) in [5, 5.41) is 0. The number of alkyl halides is 2. The first-order valence-corrected chi connectivity index (χ1v) is 34.9. The molecule has 0 unspecified atom stereocenters. The fraction of sp³-hybridized carbons (Fsp3) is 0.711. The van der Waals surface area contributed by atoms with E-state index in [1.54, 1.807) is 18.9 Å². The predicted octanol–water partition coefficient (Wildman–Crippen LogP) is 26.3. The van der Waals surface area contributed by atoms with Crippen molar-refractivity contribution >= 4 is 0 Å². The minimum Gasteiger partial charge on any atom is -0.432 e. The predicted molar refractivity (Wildman–Crippen MR) is 343 cm³/mol. The van der Waals surface area contributed by atoms with E-state index >= 15 is 0 Å². The van der Waals surface area contributed by atoms with Gasteiger partial charge in [0.1, 0.15) is 11.6 Å². The first-order chi connectivity index (χ1) is 41.6. The Labute approximate surface area is 517 Å². The highest BCUT2D eigenvalue weighted by Gasteiger charge is 2.45. The molecule has 488 valence electrons. The van der Waals surface area contributed by atoms with Crippen molar-refractivity contribution in [2.45, 2.75) is 279 Å². The maximum absolute atomic E-state index is 14.8. The van der Waals surface area contributed by atoms with Crippen LogP contribution in [0.3, 0.4) is 0 Å². The Balaban J connectivity index is 0.000000271. The summed E-state index contributed by atoms with van der Waals surface area (Å²) in [5.41, 5.74) is 1.07. The summed E-state index contributed by atoms with van der Waals surface area (Å²) in [7, 11) is 0. The fourth-order valence-electron chi connectivity index (χ4n) is 15.9. The molecule has 10 heteroatoms. The molecule has 0 N–H and O–H groups in total. The number of hydrogen-bond donors (Lipinski definition) is 0. The zero-order chi connectivity index (χ0) is 63.2. The van der Waals surface area contributed by atoms with Gasteiger partial charge in [0.2, 0.25) is 0 Å². The third-order valence-electron chi connectivity index (χ3n) is 20.9. The molecule has 6 fully saturated rings. The molecule has 0 amide bonds. The van der Waals surface area contributed by atoms with E-state index in [0.717, 1.165) is 90.7 Å². The average Bonchev–Trinajstić information content (AvgIpc) is 1.88. The van der Waals surface area contributed by atoms with Gasteiger partial charge in [0.05, 0.1) is 5.92 Å². The van der Waals surface area contributed by atoms with Crippen LogP contribution >= 0.6 is 0 Å². The van der Waals surface area contributed by atoms with Crippen molar-refractivity contribution < 1.29 is 44.3 Å². The maximum atomic E-state index is 14.8. The second kappa shape index (κ2) is 40.1. The first kappa shape index (κ1) is 74.8. The van der Waals surface area contributed by atoms with Crippen LogP contribution in [0.2, 0.25) is 0 Å². The molecule has 0 bridgehead atoms. The van der Waals surface area contributed by atoms with Gasteiger partial charge < -0.3 is 4.74 Å². The van der Waals surface area contributed by atoms with E-state index in [1.165, 1.54) is 173 Å². The minimum absolute atomic E-state index is 0.0165. The van der Waals surface area contributed by atoms with E-state index in [9.17, 15) is 39.5 Å². The molecule has 1 nitrogen and oxygen atoms in total. The van der Waals surface area contributed by atoms with E-state index in [0.29, 0.717) is 42.7 Å². The zero-order valence-corrected chi connectivity index (χ0v) is 54.5. The summed E-state index contributed by atoms with van der Waals surface area (Å²) in [4.78, 5) is 0. The molecule has 6 aliphatic rings. The minimum atomic E-state index is -3.53. The van der Waals surface area contributed by atoms with Gasteiger partial charge in [-0.05, 0) is 210 Å². The van der Waals surface area contributed by atoms with Crippen LogP contribution in [0.5, 0.6) is 5.75 Å². The fourth-order valence-corrected chi connectivity index (χ4v) is 15.9. The van der Waals surface area contributed by atoms with Gasteiger partial charge in [0, 0.05) is 17.7 Å². The molecule has 3 aromatic rings. The van der Waals surface area contributed by atoms with Crippen LogP contribution in [0.25, 0.3) is 11.1 Å². The Morgan fingerprint density at radius 1 is 0.430 bits per heavy atom. The van der Waals surface area contributed by atoms with Crippen molar-refractivity contribution in [2.75, 3.05) is 0 Å². The lowest BCUT2D eigenvalue weighted by molar-refractivity contribution is -0.224. The molecule has 3 aromatic carbocycles. The summed E-state index contributed by atoms with van der Waals surface area (Å²) in [5.74, 6) is -2.17. The summed E-state index contributed by atoms with van der Waals surface area (Å²) in [6, 6.07) is 7.55. The van der Waals surface area contributed by atoms with Gasteiger partial charge >= 0.3 is 6.11 Å². The Hall–Kier alpha value is -3.69. The number of benzene rings is 3. The molecule has 0 radical (unpaired) electrons. The monoisotopic (exact) mass is 1210 g/mol. The van der Waals surface area contributed by atoms with E-state index in [4.69, 9.17) is 0 Å². The van der Waals surface area contributed by atoms with Crippen LogP contribution in [-0.4, -0.2) is 6.11 Å². The first-order valence-electron chi connectivity index (χ1n) is 34.9. The summed E-state index contributed by atoms with van der Waals surface area (Å²) >= 11 is 0. The average molecular weight is 1220 g/mol. The molecule has 0 atom stereocenters. The smallest absolute Gasteiger partial charge is 0.400 e. The zero-order valence-electron chi connectivity index (χ0n) is 54.5. The number of hydrogen-bond acceptors (Lipinski definition) is 1. The van der Waals surface area contributed by atoms with Gasteiger partial charge in [0.25, 0.3) is 0 Å². The number of rotatable bonds is 19. The Bertz CT molecular complexity index is 2260. The van der Waals surface area contributed by atoms with Crippen LogP contribution in [0, 0.1) is 106 Å². The van der Waals surface area contributed by atoms with Gasteiger partial charge in [-0.2, -0.15) is 8.78 Å². The highest BCUT2D eigenvalue weighted by molar-refractivity contribution is 5.65. The molecule has 9 rings (SSSR count). The summed E-state index contributed by atoms with van der Waals surface area (Å²) in [6.45, 7) is 24.8. The van der Waals surface area contributed by atoms with E-state index in [1.807, 2.05) is 33.8 Å².